The van der Waals surface area contributed by atoms with Crippen molar-refractivity contribution in [3.8, 4) is 0 Å². The van der Waals surface area contributed by atoms with Gasteiger partial charge in [0.1, 0.15) is 0 Å². The fourth-order valence-electron chi connectivity index (χ4n) is 4.50. The number of likely N-dealkylation sites (tertiary alicyclic amines) is 2. The van der Waals surface area contributed by atoms with Gasteiger partial charge in [0, 0.05) is 49.5 Å². The molecule has 3 heteroatoms. The number of nitrogens with zero attached hydrogens (tertiary/aromatic N) is 2. The number of carbonyl (C=O) groups excluding carboxylic acids is 1. The van der Waals surface area contributed by atoms with Gasteiger partial charge in [0.15, 0.2) is 0 Å². The van der Waals surface area contributed by atoms with Crippen LogP contribution in [0.4, 0.5) is 0 Å². The Kier molecular flexibility index (Phi) is 3.12. The maximum atomic E-state index is 12.4. The molecule has 1 aromatic rings. The van der Waals surface area contributed by atoms with Gasteiger partial charge >= 0.3 is 0 Å². The lowest BCUT2D eigenvalue weighted by Crippen LogP contribution is -2.36. The quantitative estimate of drug-likeness (QED) is 0.856. The topological polar surface area (TPSA) is 23.6 Å². The predicted octanol–water partition coefficient (Wildman–Crippen LogP) is 2.77. The van der Waals surface area contributed by atoms with Gasteiger partial charge in [0.25, 0.3) is 0 Å². The minimum atomic E-state index is 0.242. The second-order valence-electron chi connectivity index (χ2n) is 8.22. The summed E-state index contributed by atoms with van der Waals surface area (Å²) in [6.07, 6.45) is 2.23. The first-order chi connectivity index (χ1) is 10.5. The van der Waals surface area contributed by atoms with Crippen LogP contribution < -0.4 is 0 Å². The Labute approximate surface area is 133 Å². The molecule has 0 radical (unpaired) electrons. The molecule has 22 heavy (non-hydrogen) atoms. The average Bonchev–Trinajstić information content (AvgIpc) is 3.23. The summed E-state index contributed by atoms with van der Waals surface area (Å²) in [5.41, 5.74) is 1.87. The van der Waals surface area contributed by atoms with Gasteiger partial charge in [-0.25, -0.2) is 0 Å². The van der Waals surface area contributed by atoms with Gasteiger partial charge in [-0.05, 0) is 18.4 Å². The minimum Gasteiger partial charge on any atom is -0.341 e. The summed E-state index contributed by atoms with van der Waals surface area (Å²) in [6, 6.07) is 10.7. The summed E-state index contributed by atoms with van der Waals surface area (Å²) in [7, 11) is 0. The Morgan fingerprint density at radius 3 is 2.18 bits per heavy atom. The molecule has 0 spiro atoms. The fourth-order valence-corrected chi connectivity index (χ4v) is 4.50. The van der Waals surface area contributed by atoms with Crippen molar-refractivity contribution < 1.29 is 4.79 Å². The third-order valence-corrected chi connectivity index (χ3v) is 6.17. The molecule has 1 saturated carbocycles. The van der Waals surface area contributed by atoms with E-state index in [1.54, 1.807) is 0 Å². The van der Waals surface area contributed by atoms with Crippen molar-refractivity contribution in [1.29, 1.82) is 0 Å². The monoisotopic (exact) mass is 298 g/mol. The molecule has 4 rings (SSSR count). The molecule has 3 aliphatic rings. The second-order valence-corrected chi connectivity index (χ2v) is 8.22. The third kappa shape index (κ3) is 2.26. The highest BCUT2D eigenvalue weighted by Gasteiger charge is 2.58. The van der Waals surface area contributed by atoms with E-state index in [1.165, 1.54) is 5.56 Å². The van der Waals surface area contributed by atoms with Gasteiger partial charge in [-0.15, -0.1) is 0 Å². The van der Waals surface area contributed by atoms with Gasteiger partial charge < -0.3 is 4.90 Å². The molecule has 2 aliphatic heterocycles. The molecule has 0 bridgehead atoms. The summed E-state index contributed by atoms with van der Waals surface area (Å²) >= 11 is 0. The van der Waals surface area contributed by atoms with Crippen LogP contribution in [-0.2, 0) is 11.3 Å². The van der Waals surface area contributed by atoms with Crippen LogP contribution in [0.15, 0.2) is 30.3 Å². The maximum absolute atomic E-state index is 12.4. The zero-order chi connectivity index (χ0) is 15.4. The van der Waals surface area contributed by atoms with Crippen LogP contribution in [0.5, 0.6) is 0 Å². The summed E-state index contributed by atoms with van der Waals surface area (Å²) in [5.74, 6) is 0.776. The Morgan fingerprint density at radius 2 is 1.64 bits per heavy atom. The van der Waals surface area contributed by atoms with Gasteiger partial charge in [0.2, 0.25) is 5.91 Å². The zero-order valence-corrected chi connectivity index (χ0v) is 13.7. The van der Waals surface area contributed by atoms with E-state index in [4.69, 9.17) is 0 Å². The van der Waals surface area contributed by atoms with Gasteiger partial charge in [-0.2, -0.15) is 0 Å². The first-order valence-electron chi connectivity index (χ1n) is 8.54. The first kappa shape index (κ1) is 14.3. The fraction of sp³-hybridized carbons (Fsp3) is 0.632. The number of hydrogen-bond donors (Lipinski definition) is 0. The first-order valence-corrected chi connectivity index (χ1v) is 8.54. The molecule has 2 heterocycles. The molecule has 2 saturated heterocycles. The van der Waals surface area contributed by atoms with E-state index in [1.807, 2.05) is 0 Å². The van der Waals surface area contributed by atoms with E-state index in [-0.39, 0.29) is 10.8 Å². The van der Waals surface area contributed by atoms with Gasteiger partial charge in [-0.3, -0.25) is 9.69 Å². The van der Waals surface area contributed by atoms with Crippen LogP contribution in [0.25, 0.3) is 0 Å². The normalized spacial score (nSPS) is 34.9. The third-order valence-electron chi connectivity index (χ3n) is 6.17. The van der Waals surface area contributed by atoms with E-state index in [0.29, 0.717) is 11.8 Å². The summed E-state index contributed by atoms with van der Waals surface area (Å²) in [6.45, 7) is 9.91. The van der Waals surface area contributed by atoms with Crippen LogP contribution in [-0.4, -0.2) is 41.9 Å². The number of benzene rings is 1. The highest BCUT2D eigenvalue weighted by atomic mass is 16.2. The van der Waals surface area contributed by atoms with Crippen LogP contribution in [0, 0.1) is 16.7 Å². The number of carbonyl (C=O) groups is 1. The summed E-state index contributed by atoms with van der Waals surface area (Å²) in [5, 5.41) is 0. The minimum absolute atomic E-state index is 0.242. The Bertz CT molecular complexity index is 562. The van der Waals surface area contributed by atoms with Gasteiger partial charge in [-0.1, -0.05) is 44.2 Å². The smallest absolute Gasteiger partial charge is 0.225 e. The Morgan fingerprint density at radius 1 is 1.05 bits per heavy atom. The van der Waals surface area contributed by atoms with Gasteiger partial charge in [0.05, 0.1) is 0 Å². The maximum Gasteiger partial charge on any atom is 0.225 e. The van der Waals surface area contributed by atoms with E-state index in [2.05, 4.69) is 54.0 Å². The van der Waals surface area contributed by atoms with Crippen LogP contribution in [0.1, 0.15) is 32.3 Å². The van der Waals surface area contributed by atoms with Crippen molar-refractivity contribution >= 4 is 5.91 Å². The largest absolute Gasteiger partial charge is 0.341 e. The SMILES string of the molecule is C[C@@]12CN(Cc3ccccc3)C[C@]1(C)CN(C(=O)C1CC1)C2. The molecule has 1 aliphatic carbocycles. The lowest BCUT2D eigenvalue weighted by molar-refractivity contribution is -0.132. The molecular weight excluding hydrogens is 272 g/mol. The van der Waals surface area contributed by atoms with Crippen molar-refractivity contribution in [3.63, 3.8) is 0 Å². The Hall–Kier alpha value is -1.35. The molecule has 1 amide bonds. The highest BCUT2D eigenvalue weighted by molar-refractivity contribution is 5.81. The van der Waals surface area contributed by atoms with E-state index in [9.17, 15) is 4.79 Å². The van der Waals surface area contributed by atoms with E-state index < -0.39 is 0 Å². The zero-order valence-electron chi connectivity index (χ0n) is 13.7. The van der Waals surface area contributed by atoms with Crippen LogP contribution in [0.3, 0.4) is 0 Å². The van der Waals surface area contributed by atoms with Crippen molar-refractivity contribution in [2.45, 2.75) is 33.2 Å². The standard InChI is InChI=1S/C19H26N2O/c1-18-11-20(10-15-6-4-3-5-7-15)12-19(18,2)14-21(13-18)17(22)16-8-9-16/h3-7,16H,8-14H2,1-2H3/t18-,19+. The number of rotatable bonds is 3. The molecule has 3 nitrogen and oxygen atoms in total. The summed E-state index contributed by atoms with van der Waals surface area (Å²) in [4.78, 5) is 17.1. The second kappa shape index (κ2) is 4.82. The Balaban J connectivity index is 1.46. The lowest BCUT2D eigenvalue weighted by Gasteiger charge is -2.30. The number of fused-ring (bicyclic) bond motifs is 1. The molecule has 0 unspecified atom stereocenters. The van der Waals surface area contributed by atoms with Crippen LogP contribution in [0.2, 0.25) is 0 Å². The molecule has 0 N–H and O–H groups in total. The molecule has 118 valence electrons. The molecular formula is C19H26N2O. The van der Waals surface area contributed by atoms with Crippen molar-refractivity contribution in [2.75, 3.05) is 26.2 Å². The number of hydrogen-bond acceptors (Lipinski definition) is 2. The van der Waals surface area contributed by atoms with Crippen molar-refractivity contribution in [2.24, 2.45) is 16.7 Å². The predicted molar refractivity (Wildman–Crippen MR) is 87.2 cm³/mol. The van der Waals surface area contributed by atoms with Crippen molar-refractivity contribution in [3.05, 3.63) is 35.9 Å². The highest BCUT2D eigenvalue weighted by Crippen LogP contribution is 2.52. The molecule has 2 atom stereocenters. The van der Waals surface area contributed by atoms with Crippen LogP contribution >= 0.6 is 0 Å². The van der Waals surface area contributed by atoms with Crippen molar-refractivity contribution in [1.82, 2.24) is 9.80 Å². The average molecular weight is 298 g/mol. The van der Waals surface area contributed by atoms with E-state index in [0.717, 1.165) is 45.6 Å². The van der Waals surface area contributed by atoms with E-state index >= 15 is 0 Å². The number of amides is 1. The molecule has 1 aromatic carbocycles. The lowest BCUT2D eigenvalue weighted by atomic mass is 9.71. The molecule has 3 fully saturated rings. The summed E-state index contributed by atoms with van der Waals surface area (Å²) < 4.78 is 0. The molecule has 0 aromatic heterocycles.